The van der Waals surface area contributed by atoms with Crippen molar-refractivity contribution in [3.63, 3.8) is 0 Å². The number of rotatable bonds is 5. The van der Waals surface area contributed by atoms with Crippen LogP contribution in [0, 0.1) is 11.6 Å². The summed E-state index contributed by atoms with van der Waals surface area (Å²) in [6.45, 7) is 0.447. The van der Waals surface area contributed by atoms with E-state index in [1.165, 1.54) is 11.0 Å². The van der Waals surface area contributed by atoms with Gasteiger partial charge in [-0.05, 0) is 30.9 Å². The number of carbonyl (C=O) groups excluding carboxylic acids is 1. The number of anilines is 1. The van der Waals surface area contributed by atoms with Gasteiger partial charge in [-0.2, -0.15) is 11.8 Å². The van der Waals surface area contributed by atoms with Crippen molar-refractivity contribution < 1.29 is 13.6 Å². The zero-order valence-corrected chi connectivity index (χ0v) is 11.5. The molecule has 1 aliphatic heterocycles. The number of thioether (sulfide) groups is 1. The first-order valence-corrected chi connectivity index (χ1v) is 7.50. The van der Waals surface area contributed by atoms with Crippen molar-refractivity contribution >= 4 is 23.4 Å². The van der Waals surface area contributed by atoms with E-state index in [1.807, 2.05) is 6.26 Å². The summed E-state index contributed by atoms with van der Waals surface area (Å²) in [5.74, 6) is -0.795. The first kappa shape index (κ1) is 14.3. The van der Waals surface area contributed by atoms with E-state index < -0.39 is 17.7 Å². The topological polar surface area (TPSA) is 46.3 Å². The Bertz CT molecular complexity index is 496. The van der Waals surface area contributed by atoms with E-state index in [-0.39, 0.29) is 17.2 Å². The van der Waals surface area contributed by atoms with E-state index in [4.69, 9.17) is 5.73 Å². The van der Waals surface area contributed by atoms with Gasteiger partial charge in [-0.1, -0.05) is 0 Å². The molecule has 0 saturated heterocycles. The summed E-state index contributed by atoms with van der Waals surface area (Å²) >= 11 is 1.73. The predicted molar refractivity (Wildman–Crippen MR) is 73.3 cm³/mol. The van der Waals surface area contributed by atoms with E-state index >= 15 is 0 Å². The maximum Gasteiger partial charge on any atom is 0.248 e. The summed E-state index contributed by atoms with van der Waals surface area (Å²) in [4.78, 5) is 13.4. The maximum absolute atomic E-state index is 13.7. The Morgan fingerprint density at radius 2 is 2.11 bits per heavy atom. The summed E-state index contributed by atoms with van der Waals surface area (Å²) in [7, 11) is 0. The lowest BCUT2D eigenvalue weighted by Gasteiger charge is -2.17. The van der Waals surface area contributed by atoms with Crippen molar-refractivity contribution in [2.75, 3.05) is 23.5 Å². The number of nitrogens with two attached hydrogens (primary N) is 1. The van der Waals surface area contributed by atoms with Crippen molar-refractivity contribution in [2.24, 2.45) is 5.73 Å². The molecule has 19 heavy (non-hydrogen) atoms. The molecule has 0 fully saturated rings. The molecular formula is C13H16F2N2OS. The third kappa shape index (κ3) is 2.74. The van der Waals surface area contributed by atoms with E-state index in [9.17, 15) is 13.6 Å². The minimum absolute atomic E-state index is 0.108. The van der Waals surface area contributed by atoms with Crippen LogP contribution in [0.3, 0.4) is 0 Å². The van der Waals surface area contributed by atoms with Gasteiger partial charge in [0.2, 0.25) is 5.91 Å². The van der Waals surface area contributed by atoms with Crippen molar-refractivity contribution in [3.8, 4) is 0 Å². The number of benzene rings is 1. The van der Waals surface area contributed by atoms with Gasteiger partial charge in [0.15, 0.2) is 0 Å². The molecule has 104 valence electrons. The predicted octanol–water partition coefficient (Wildman–Crippen LogP) is 2.45. The highest BCUT2D eigenvalue weighted by Gasteiger charge is 2.37. The lowest BCUT2D eigenvalue weighted by atomic mass is 10.1. The molecule has 1 aliphatic rings. The summed E-state index contributed by atoms with van der Waals surface area (Å²) in [5.41, 5.74) is 6.09. The summed E-state index contributed by atoms with van der Waals surface area (Å²) in [6.07, 6.45) is 3.75. The highest BCUT2D eigenvalue weighted by molar-refractivity contribution is 7.98. The third-order valence-corrected chi connectivity index (χ3v) is 3.88. The average Bonchev–Trinajstić information content (AvgIpc) is 2.59. The van der Waals surface area contributed by atoms with Crippen LogP contribution in [0.1, 0.15) is 24.4 Å². The van der Waals surface area contributed by atoms with Gasteiger partial charge in [-0.25, -0.2) is 8.78 Å². The number of carbonyl (C=O) groups is 1. The maximum atomic E-state index is 13.7. The first-order chi connectivity index (χ1) is 9.06. The van der Waals surface area contributed by atoms with Gasteiger partial charge in [-0.3, -0.25) is 4.79 Å². The van der Waals surface area contributed by atoms with Crippen molar-refractivity contribution in [3.05, 3.63) is 29.3 Å². The molecule has 1 amide bonds. The third-order valence-electron chi connectivity index (χ3n) is 3.19. The second-order valence-corrected chi connectivity index (χ2v) is 5.47. The number of unbranched alkanes of at least 4 members (excludes halogenated alkanes) is 1. The fourth-order valence-corrected chi connectivity index (χ4v) is 2.75. The van der Waals surface area contributed by atoms with Crippen LogP contribution in [0.5, 0.6) is 0 Å². The zero-order valence-electron chi connectivity index (χ0n) is 10.7. The van der Waals surface area contributed by atoms with Crippen LogP contribution < -0.4 is 10.6 Å². The highest BCUT2D eigenvalue weighted by Crippen LogP contribution is 2.37. The molecule has 0 bridgehead atoms. The molecule has 1 aromatic rings. The van der Waals surface area contributed by atoms with Gasteiger partial charge in [0.25, 0.3) is 0 Å². The van der Waals surface area contributed by atoms with Crippen LogP contribution in [0.15, 0.2) is 12.1 Å². The van der Waals surface area contributed by atoms with E-state index in [2.05, 4.69) is 0 Å². The lowest BCUT2D eigenvalue weighted by molar-refractivity contribution is -0.119. The molecule has 1 unspecified atom stereocenters. The Hall–Kier alpha value is -1.14. The molecule has 6 heteroatoms. The fraction of sp³-hybridized carbons (Fsp3) is 0.462. The molecule has 0 aliphatic carbocycles. The Morgan fingerprint density at radius 3 is 2.79 bits per heavy atom. The molecular weight excluding hydrogens is 270 g/mol. The number of hydrogen-bond donors (Lipinski definition) is 1. The second-order valence-electron chi connectivity index (χ2n) is 4.49. The van der Waals surface area contributed by atoms with Crippen LogP contribution in [-0.4, -0.2) is 24.5 Å². The van der Waals surface area contributed by atoms with Gasteiger partial charge >= 0.3 is 0 Å². The van der Waals surface area contributed by atoms with E-state index in [0.717, 1.165) is 24.7 Å². The normalized spacial score (nSPS) is 18.0. The van der Waals surface area contributed by atoms with Gasteiger partial charge in [-0.15, -0.1) is 0 Å². The summed E-state index contributed by atoms with van der Waals surface area (Å²) < 4.78 is 27.0. The summed E-state index contributed by atoms with van der Waals surface area (Å²) in [6, 6.07) is 0.928. The molecule has 0 saturated carbocycles. The van der Waals surface area contributed by atoms with E-state index in [0.29, 0.717) is 6.54 Å². The zero-order chi connectivity index (χ0) is 14.0. The number of hydrogen-bond acceptors (Lipinski definition) is 3. The quantitative estimate of drug-likeness (QED) is 0.846. The van der Waals surface area contributed by atoms with Crippen LogP contribution in [0.4, 0.5) is 14.5 Å². The summed E-state index contributed by atoms with van der Waals surface area (Å²) in [5, 5.41) is 0. The molecule has 2 N–H and O–H groups in total. The van der Waals surface area contributed by atoms with Gasteiger partial charge in [0, 0.05) is 18.2 Å². The Kier molecular flexibility index (Phi) is 4.42. The van der Waals surface area contributed by atoms with Gasteiger partial charge < -0.3 is 10.6 Å². The molecule has 0 aromatic heterocycles. The monoisotopic (exact) mass is 286 g/mol. The Labute approximate surface area is 115 Å². The van der Waals surface area contributed by atoms with Crippen molar-refractivity contribution in [1.82, 2.24) is 0 Å². The first-order valence-electron chi connectivity index (χ1n) is 6.11. The molecule has 1 aromatic carbocycles. The van der Waals surface area contributed by atoms with Crippen LogP contribution in [0.2, 0.25) is 0 Å². The fourth-order valence-electron chi connectivity index (χ4n) is 2.26. The number of fused-ring (bicyclic) bond motifs is 1. The molecule has 0 radical (unpaired) electrons. The Morgan fingerprint density at radius 1 is 1.37 bits per heavy atom. The molecule has 0 spiro atoms. The number of nitrogens with zero attached hydrogens (tertiary/aromatic N) is 1. The molecule has 1 heterocycles. The second kappa shape index (κ2) is 5.88. The SMILES string of the molecule is CSCCCCN1C(=O)C(N)c2c(F)cc(F)cc21. The minimum atomic E-state index is -1.02. The average molecular weight is 286 g/mol. The number of halogens is 2. The molecule has 2 rings (SSSR count). The van der Waals surface area contributed by atoms with E-state index in [1.54, 1.807) is 11.8 Å². The van der Waals surface area contributed by atoms with Crippen LogP contribution in [-0.2, 0) is 4.79 Å². The largest absolute Gasteiger partial charge is 0.316 e. The highest BCUT2D eigenvalue weighted by atomic mass is 32.2. The smallest absolute Gasteiger partial charge is 0.248 e. The van der Waals surface area contributed by atoms with Crippen molar-refractivity contribution in [1.29, 1.82) is 0 Å². The van der Waals surface area contributed by atoms with Crippen molar-refractivity contribution in [2.45, 2.75) is 18.9 Å². The standard InChI is InChI=1S/C13H16F2N2OS/c1-19-5-3-2-4-17-10-7-8(14)6-9(15)11(10)12(16)13(17)18/h6-7,12H,2-5,16H2,1H3. The Balaban J connectivity index is 2.21. The number of amides is 1. The molecule has 3 nitrogen and oxygen atoms in total. The van der Waals surface area contributed by atoms with Gasteiger partial charge in [0.1, 0.15) is 17.7 Å². The van der Waals surface area contributed by atoms with Crippen LogP contribution in [0.25, 0.3) is 0 Å². The van der Waals surface area contributed by atoms with Crippen LogP contribution >= 0.6 is 11.8 Å². The van der Waals surface area contributed by atoms with Gasteiger partial charge in [0.05, 0.1) is 5.69 Å². The lowest BCUT2D eigenvalue weighted by Crippen LogP contribution is -2.32. The molecule has 1 atom stereocenters. The minimum Gasteiger partial charge on any atom is -0.316 e.